The molecule has 2 aromatic carbocycles. The number of amides is 1. The lowest BCUT2D eigenvalue weighted by molar-refractivity contribution is -0.115. The van der Waals surface area contributed by atoms with Crippen LogP contribution in [0.1, 0.15) is 18.1 Å². The van der Waals surface area contributed by atoms with E-state index in [2.05, 4.69) is 10.6 Å². The minimum atomic E-state index is -0.344. The molecule has 3 nitrogen and oxygen atoms in total. The maximum Gasteiger partial charge on any atom is 0.237 e. The van der Waals surface area contributed by atoms with E-state index in [-0.39, 0.29) is 22.7 Å². The van der Waals surface area contributed by atoms with Crippen molar-refractivity contribution in [2.24, 2.45) is 0 Å². The van der Waals surface area contributed by atoms with Crippen LogP contribution in [0, 0.1) is 5.82 Å². The molecule has 2 N–H and O–H groups in total. The third-order valence-corrected chi connectivity index (χ3v) is 5.32. The minimum absolute atomic E-state index is 0.220. The van der Waals surface area contributed by atoms with Gasteiger partial charge in [0.2, 0.25) is 5.91 Å². The monoisotopic (exact) mass is 364 g/mol. The molecule has 0 aliphatic carbocycles. The number of benzene rings is 2. The van der Waals surface area contributed by atoms with Gasteiger partial charge in [0.15, 0.2) is 0 Å². The molecular weight excluding hydrogens is 347 g/mol. The Labute approximate surface area is 150 Å². The van der Waals surface area contributed by atoms with Crippen molar-refractivity contribution in [2.45, 2.75) is 30.0 Å². The fourth-order valence-corrected chi connectivity index (χ4v) is 3.63. The maximum atomic E-state index is 14.6. The molecular formula is C18H18ClFN2OS. The van der Waals surface area contributed by atoms with Crippen LogP contribution in [0.5, 0.6) is 0 Å². The number of fused-ring (bicyclic) bond motifs is 1. The molecule has 2 aromatic rings. The van der Waals surface area contributed by atoms with E-state index >= 15 is 0 Å². The molecule has 3 rings (SSSR count). The van der Waals surface area contributed by atoms with Crippen molar-refractivity contribution in [3.05, 3.63) is 58.4 Å². The predicted molar refractivity (Wildman–Crippen MR) is 97.2 cm³/mol. The summed E-state index contributed by atoms with van der Waals surface area (Å²) in [6.45, 7) is 3.22. The van der Waals surface area contributed by atoms with Gasteiger partial charge in [-0.15, -0.1) is 11.8 Å². The molecule has 1 aliphatic heterocycles. The van der Waals surface area contributed by atoms with Crippen LogP contribution in [0.25, 0.3) is 0 Å². The Bertz CT molecular complexity index is 751. The first kappa shape index (κ1) is 17.3. The van der Waals surface area contributed by atoms with Gasteiger partial charge in [0.1, 0.15) is 5.82 Å². The van der Waals surface area contributed by atoms with Gasteiger partial charge in [-0.05, 0) is 61.3 Å². The van der Waals surface area contributed by atoms with E-state index in [9.17, 15) is 9.18 Å². The van der Waals surface area contributed by atoms with Crippen LogP contribution >= 0.6 is 23.4 Å². The van der Waals surface area contributed by atoms with Gasteiger partial charge in [-0.1, -0.05) is 17.7 Å². The number of carbonyl (C=O) groups excluding carboxylic acids is 1. The fourth-order valence-electron chi connectivity index (χ4n) is 2.64. The molecule has 0 radical (unpaired) electrons. The van der Waals surface area contributed by atoms with Gasteiger partial charge in [0.05, 0.1) is 10.9 Å². The molecule has 1 unspecified atom stereocenters. The van der Waals surface area contributed by atoms with Crippen molar-refractivity contribution in [3.8, 4) is 0 Å². The van der Waals surface area contributed by atoms with Crippen LogP contribution in [0.4, 0.5) is 10.1 Å². The summed E-state index contributed by atoms with van der Waals surface area (Å²) in [4.78, 5) is 13.3. The third kappa shape index (κ3) is 3.91. The molecule has 0 saturated heterocycles. The number of halogens is 2. The fraction of sp³-hybridized carbons (Fsp3) is 0.278. The summed E-state index contributed by atoms with van der Waals surface area (Å²) in [5.41, 5.74) is 1.91. The zero-order valence-corrected chi connectivity index (χ0v) is 14.8. The first-order valence-electron chi connectivity index (χ1n) is 7.78. The summed E-state index contributed by atoms with van der Waals surface area (Å²) in [5.74, 6) is -0.534. The van der Waals surface area contributed by atoms with Crippen molar-refractivity contribution in [1.82, 2.24) is 5.32 Å². The molecule has 1 heterocycles. The van der Waals surface area contributed by atoms with E-state index in [0.29, 0.717) is 23.6 Å². The normalized spacial score (nSPS) is 14.8. The lowest BCUT2D eigenvalue weighted by atomic mass is 9.99. The van der Waals surface area contributed by atoms with Crippen molar-refractivity contribution in [1.29, 1.82) is 0 Å². The summed E-state index contributed by atoms with van der Waals surface area (Å²) in [7, 11) is 0. The average molecular weight is 365 g/mol. The Morgan fingerprint density at radius 3 is 2.79 bits per heavy atom. The summed E-state index contributed by atoms with van der Waals surface area (Å²) in [6, 6.07) is 10.8. The molecule has 1 aliphatic rings. The average Bonchev–Trinajstić information content (AvgIpc) is 2.59. The number of thioether (sulfide) groups is 1. The lowest BCUT2D eigenvalue weighted by Crippen LogP contribution is -2.26. The number of hydrogen-bond donors (Lipinski definition) is 2. The van der Waals surface area contributed by atoms with Crippen LogP contribution in [0.2, 0.25) is 5.02 Å². The number of anilines is 1. The van der Waals surface area contributed by atoms with Crippen molar-refractivity contribution < 1.29 is 9.18 Å². The van der Waals surface area contributed by atoms with Crippen LogP contribution in [-0.2, 0) is 17.8 Å². The molecule has 6 heteroatoms. The molecule has 1 atom stereocenters. The Balaban J connectivity index is 1.69. The Morgan fingerprint density at radius 2 is 2.04 bits per heavy atom. The van der Waals surface area contributed by atoms with Crippen LogP contribution in [-0.4, -0.2) is 17.7 Å². The number of nitrogens with one attached hydrogen (secondary N) is 2. The highest BCUT2D eigenvalue weighted by atomic mass is 35.5. The molecule has 0 fully saturated rings. The second kappa shape index (κ2) is 7.55. The molecule has 0 bridgehead atoms. The van der Waals surface area contributed by atoms with Gasteiger partial charge < -0.3 is 10.6 Å². The molecule has 126 valence electrons. The SMILES string of the molecule is CC(Sc1ccc(Cl)cc1)C(=O)Nc1ccc2c(c1F)CCNC2. The highest BCUT2D eigenvalue weighted by molar-refractivity contribution is 8.00. The van der Waals surface area contributed by atoms with Gasteiger partial charge in [-0.3, -0.25) is 4.79 Å². The van der Waals surface area contributed by atoms with Gasteiger partial charge in [0.25, 0.3) is 0 Å². The van der Waals surface area contributed by atoms with Crippen LogP contribution < -0.4 is 10.6 Å². The maximum absolute atomic E-state index is 14.6. The van der Waals surface area contributed by atoms with Crippen molar-refractivity contribution >= 4 is 35.0 Å². The summed E-state index contributed by atoms with van der Waals surface area (Å²) >= 11 is 7.27. The Hall–Kier alpha value is -1.56. The Morgan fingerprint density at radius 1 is 1.29 bits per heavy atom. The minimum Gasteiger partial charge on any atom is -0.323 e. The first-order chi connectivity index (χ1) is 11.5. The number of carbonyl (C=O) groups is 1. The van der Waals surface area contributed by atoms with E-state index in [1.165, 1.54) is 11.8 Å². The van der Waals surface area contributed by atoms with Gasteiger partial charge in [0, 0.05) is 16.5 Å². The van der Waals surface area contributed by atoms with E-state index in [1.54, 1.807) is 25.1 Å². The lowest BCUT2D eigenvalue weighted by Gasteiger charge is -2.20. The van der Waals surface area contributed by atoms with Crippen molar-refractivity contribution in [3.63, 3.8) is 0 Å². The highest BCUT2D eigenvalue weighted by Gasteiger charge is 2.20. The molecule has 0 aromatic heterocycles. The van der Waals surface area contributed by atoms with Gasteiger partial charge in [-0.2, -0.15) is 0 Å². The van der Waals surface area contributed by atoms with Crippen LogP contribution in [0.3, 0.4) is 0 Å². The number of hydrogen-bond acceptors (Lipinski definition) is 3. The van der Waals surface area contributed by atoms with E-state index in [0.717, 1.165) is 17.0 Å². The topological polar surface area (TPSA) is 41.1 Å². The second-order valence-corrected chi connectivity index (χ2v) is 7.55. The largest absolute Gasteiger partial charge is 0.323 e. The molecule has 0 saturated carbocycles. The van der Waals surface area contributed by atoms with Gasteiger partial charge >= 0.3 is 0 Å². The van der Waals surface area contributed by atoms with Crippen molar-refractivity contribution in [2.75, 3.05) is 11.9 Å². The van der Waals surface area contributed by atoms with E-state index in [4.69, 9.17) is 11.6 Å². The summed E-state index contributed by atoms with van der Waals surface area (Å²) in [6.07, 6.45) is 0.639. The highest BCUT2D eigenvalue weighted by Crippen LogP contribution is 2.28. The zero-order chi connectivity index (χ0) is 17.1. The summed E-state index contributed by atoms with van der Waals surface area (Å²) in [5, 5.41) is 6.23. The quantitative estimate of drug-likeness (QED) is 0.797. The smallest absolute Gasteiger partial charge is 0.237 e. The predicted octanol–water partition coefficient (Wildman–Crippen LogP) is 4.24. The first-order valence-corrected chi connectivity index (χ1v) is 9.04. The standard InChI is InChI=1S/C18H18ClFN2OS/c1-11(24-14-5-3-13(19)4-6-14)18(23)22-16-7-2-12-10-21-9-8-15(12)17(16)20/h2-7,11,21H,8-10H2,1H3,(H,22,23). The number of rotatable bonds is 4. The Kier molecular flexibility index (Phi) is 5.43. The molecule has 0 spiro atoms. The van der Waals surface area contributed by atoms with E-state index in [1.807, 2.05) is 18.2 Å². The molecule has 1 amide bonds. The summed E-state index contributed by atoms with van der Waals surface area (Å²) < 4.78 is 14.6. The second-order valence-electron chi connectivity index (χ2n) is 5.69. The third-order valence-electron chi connectivity index (χ3n) is 3.96. The molecule has 24 heavy (non-hydrogen) atoms. The van der Waals surface area contributed by atoms with Gasteiger partial charge in [-0.25, -0.2) is 4.39 Å². The zero-order valence-electron chi connectivity index (χ0n) is 13.2. The van der Waals surface area contributed by atoms with E-state index < -0.39 is 0 Å². The van der Waals surface area contributed by atoms with Crippen LogP contribution in [0.15, 0.2) is 41.3 Å².